The Kier molecular flexibility index (Phi) is 3.14. The fourth-order valence-corrected chi connectivity index (χ4v) is 2.14. The summed E-state index contributed by atoms with van der Waals surface area (Å²) in [6.07, 6.45) is 0.927. The Morgan fingerprint density at radius 3 is 2.72 bits per heavy atom. The van der Waals surface area contributed by atoms with Crippen molar-refractivity contribution in [3.8, 4) is 11.4 Å². The fourth-order valence-electron chi connectivity index (χ4n) is 1.38. The van der Waals surface area contributed by atoms with Crippen LogP contribution < -0.4 is 5.73 Å². The van der Waals surface area contributed by atoms with Crippen molar-refractivity contribution in [1.29, 1.82) is 0 Å². The zero-order chi connectivity index (χ0) is 13.3. The van der Waals surface area contributed by atoms with Crippen LogP contribution in [0.5, 0.6) is 0 Å². The van der Waals surface area contributed by atoms with Gasteiger partial charge >= 0.3 is 0 Å². The Morgan fingerprint density at radius 2 is 2.17 bits per heavy atom. The average molecular weight is 271 g/mol. The minimum absolute atomic E-state index is 0.0765. The van der Waals surface area contributed by atoms with Crippen molar-refractivity contribution in [2.45, 2.75) is 11.4 Å². The first-order valence-corrected chi connectivity index (χ1v) is 6.83. The molecule has 0 aliphatic carbocycles. The second-order valence-corrected chi connectivity index (χ2v) is 5.62. The summed E-state index contributed by atoms with van der Waals surface area (Å²) in [5, 5.41) is 3.63. The lowest BCUT2D eigenvalue weighted by Gasteiger charge is -2.02. The third-order valence-electron chi connectivity index (χ3n) is 2.23. The molecule has 2 aromatic rings. The Bertz CT molecular complexity index is 681. The highest BCUT2D eigenvalue weighted by Gasteiger charge is 2.16. The van der Waals surface area contributed by atoms with E-state index in [9.17, 15) is 12.8 Å². The number of benzene rings is 1. The molecule has 96 valence electrons. The quantitative estimate of drug-likeness (QED) is 0.883. The molecular weight excluding hydrogens is 261 g/mol. The Hall–Kier alpha value is -1.80. The summed E-state index contributed by atoms with van der Waals surface area (Å²) >= 11 is 0. The third kappa shape index (κ3) is 2.39. The van der Waals surface area contributed by atoms with Gasteiger partial charge in [-0.15, -0.1) is 0 Å². The topological polar surface area (TPSA) is 99.1 Å². The van der Waals surface area contributed by atoms with E-state index in [1.807, 2.05) is 0 Å². The molecule has 18 heavy (non-hydrogen) atoms. The van der Waals surface area contributed by atoms with Crippen molar-refractivity contribution in [3.05, 3.63) is 29.9 Å². The van der Waals surface area contributed by atoms with Gasteiger partial charge in [-0.25, -0.2) is 12.8 Å². The van der Waals surface area contributed by atoms with E-state index in [1.54, 1.807) is 0 Å². The first-order chi connectivity index (χ1) is 8.41. The molecule has 2 rings (SSSR count). The molecule has 1 aromatic carbocycles. The van der Waals surface area contributed by atoms with Gasteiger partial charge in [-0.3, -0.25) is 0 Å². The number of hydrogen-bond donors (Lipinski definition) is 1. The molecule has 2 N–H and O–H groups in total. The molecule has 0 radical (unpaired) electrons. The molecule has 0 bridgehead atoms. The molecule has 0 amide bonds. The van der Waals surface area contributed by atoms with Crippen LogP contribution in [0.3, 0.4) is 0 Å². The van der Waals surface area contributed by atoms with Crippen molar-refractivity contribution < 1.29 is 17.3 Å². The van der Waals surface area contributed by atoms with Crippen LogP contribution in [0.4, 0.5) is 4.39 Å². The molecule has 6 nitrogen and oxygen atoms in total. The van der Waals surface area contributed by atoms with Gasteiger partial charge in [0.1, 0.15) is 10.7 Å². The Balaban J connectivity index is 2.53. The van der Waals surface area contributed by atoms with Crippen LogP contribution >= 0.6 is 0 Å². The summed E-state index contributed by atoms with van der Waals surface area (Å²) in [6.45, 7) is 0.0765. The van der Waals surface area contributed by atoms with E-state index in [1.165, 1.54) is 6.07 Å². The Morgan fingerprint density at radius 1 is 1.44 bits per heavy atom. The molecule has 0 unspecified atom stereocenters. The fraction of sp³-hybridized carbons (Fsp3) is 0.200. The lowest BCUT2D eigenvalue weighted by molar-refractivity contribution is 0.380. The van der Waals surface area contributed by atoms with E-state index in [4.69, 9.17) is 10.3 Å². The molecule has 1 aromatic heterocycles. The molecular formula is C10H10FN3O3S. The zero-order valence-corrected chi connectivity index (χ0v) is 10.2. The molecule has 0 aliphatic rings. The summed E-state index contributed by atoms with van der Waals surface area (Å²) in [6, 6.07) is 3.58. The van der Waals surface area contributed by atoms with E-state index >= 15 is 0 Å². The second kappa shape index (κ2) is 4.46. The lowest BCUT2D eigenvalue weighted by atomic mass is 10.2. The van der Waals surface area contributed by atoms with E-state index in [0.717, 1.165) is 18.4 Å². The van der Waals surface area contributed by atoms with Gasteiger partial charge in [0.05, 0.1) is 6.54 Å². The van der Waals surface area contributed by atoms with Gasteiger partial charge in [-0.05, 0) is 18.2 Å². The maximum atomic E-state index is 13.4. The first kappa shape index (κ1) is 12.7. The van der Waals surface area contributed by atoms with Gasteiger partial charge in [0, 0.05) is 11.8 Å². The van der Waals surface area contributed by atoms with Crippen LogP contribution in [0.2, 0.25) is 0 Å². The molecule has 8 heteroatoms. The number of nitrogens with zero attached hydrogens (tertiary/aromatic N) is 2. The van der Waals surface area contributed by atoms with Gasteiger partial charge in [0.25, 0.3) is 0 Å². The van der Waals surface area contributed by atoms with Crippen molar-refractivity contribution >= 4 is 9.84 Å². The number of aromatic nitrogens is 2. The largest absolute Gasteiger partial charge is 0.338 e. The minimum Gasteiger partial charge on any atom is -0.338 e. The third-order valence-corrected chi connectivity index (χ3v) is 3.34. The highest BCUT2D eigenvalue weighted by atomic mass is 32.2. The lowest BCUT2D eigenvalue weighted by Crippen LogP contribution is -2.01. The molecule has 0 fully saturated rings. The maximum Gasteiger partial charge on any atom is 0.240 e. The van der Waals surface area contributed by atoms with Gasteiger partial charge in [-0.2, -0.15) is 4.98 Å². The number of nitrogens with two attached hydrogens (primary N) is 1. The van der Waals surface area contributed by atoms with Gasteiger partial charge in [0.15, 0.2) is 9.84 Å². The smallest absolute Gasteiger partial charge is 0.240 e. The number of hydrogen-bond acceptors (Lipinski definition) is 6. The van der Waals surface area contributed by atoms with Crippen molar-refractivity contribution in [1.82, 2.24) is 10.1 Å². The standard InChI is InChI=1S/C10H10FN3O3S/c1-18(15,16)8-4-6(2-3-7(8)11)10-13-9(5-12)17-14-10/h2-4H,5,12H2,1H3. The van der Waals surface area contributed by atoms with Crippen molar-refractivity contribution in [2.24, 2.45) is 5.73 Å². The maximum absolute atomic E-state index is 13.4. The molecule has 0 spiro atoms. The summed E-state index contributed by atoms with van der Waals surface area (Å²) < 4.78 is 40.9. The molecule has 0 atom stereocenters. The van der Waals surface area contributed by atoms with Crippen LogP contribution in [-0.4, -0.2) is 24.8 Å². The summed E-state index contributed by atoms with van der Waals surface area (Å²) in [5.41, 5.74) is 5.66. The van der Waals surface area contributed by atoms with Crippen LogP contribution in [-0.2, 0) is 16.4 Å². The SMILES string of the molecule is CS(=O)(=O)c1cc(-c2noc(CN)n2)ccc1F. The highest BCUT2D eigenvalue weighted by Crippen LogP contribution is 2.22. The monoisotopic (exact) mass is 271 g/mol. The number of rotatable bonds is 3. The number of sulfone groups is 1. The van der Waals surface area contributed by atoms with E-state index in [0.29, 0.717) is 5.56 Å². The second-order valence-electron chi connectivity index (χ2n) is 3.63. The molecule has 1 heterocycles. The predicted molar refractivity (Wildman–Crippen MR) is 60.7 cm³/mol. The first-order valence-electron chi connectivity index (χ1n) is 4.94. The van der Waals surface area contributed by atoms with Crippen LogP contribution in [0.25, 0.3) is 11.4 Å². The molecule has 0 saturated heterocycles. The van der Waals surface area contributed by atoms with Crippen molar-refractivity contribution in [3.63, 3.8) is 0 Å². The average Bonchev–Trinajstić information content (AvgIpc) is 2.76. The van der Waals surface area contributed by atoms with Gasteiger partial charge < -0.3 is 10.3 Å². The predicted octanol–water partition coefficient (Wildman–Crippen LogP) is 0.738. The van der Waals surface area contributed by atoms with Crippen molar-refractivity contribution in [2.75, 3.05) is 6.26 Å². The molecule has 0 saturated carbocycles. The summed E-state index contributed by atoms with van der Waals surface area (Å²) in [4.78, 5) is 3.53. The highest BCUT2D eigenvalue weighted by molar-refractivity contribution is 7.90. The van der Waals surface area contributed by atoms with Crippen LogP contribution in [0, 0.1) is 5.82 Å². The zero-order valence-electron chi connectivity index (χ0n) is 9.42. The Labute approximate surface area is 103 Å². The van der Waals surface area contributed by atoms with Gasteiger partial charge in [-0.1, -0.05) is 5.16 Å². The molecule has 0 aliphatic heterocycles. The van der Waals surface area contributed by atoms with E-state index < -0.39 is 20.5 Å². The number of halogens is 1. The summed E-state index contributed by atoms with van der Waals surface area (Å²) in [7, 11) is -3.65. The van der Waals surface area contributed by atoms with Gasteiger partial charge in [0.2, 0.25) is 11.7 Å². The normalized spacial score (nSPS) is 11.7. The summed E-state index contributed by atoms with van der Waals surface area (Å²) in [5.74, 6) is -0.431. The van der Waals surface area contributed by atoms with E-state index in [2.05, 4.69) is 10.1 Å². The van der Waals surface area contributed by atoms with Crippen LogP contribution in [0.15, 0.2) is 27.6 Å². The van der Waals surface area contributed by atoms with Crippen LogP contribution in [0.1, 0.15) is 5.89 Å². The van der Waals surface area contributed by atoms with E-state index in [-0.39, 0.29) is 18.3 Å². The minimum atomic E-state index is -3.65.